The highest BCUT2D eigenvalue weighted by molar-refractivity contribution is 5.96. The van der Waals surface area contributed by atoms with E-state index < -0.39 is 0 Å². The van der Waals surface area contributed by atoms with Gasteiger partial charge in [0.2, 0.25) is 5.91 Å². The minimum absolute atomic E-state index is 0.0882. The second kappa shape index (κ2) is 8.46. The van der Waals surface area contributed by atoms with Crippen molar-refractivity contribution in [3.8, 4) is 5.75 Å². The lowest BCUT2D eigenvalue weighted by Gasteiger charge is -2.18. The van der Waals surface area contributed by atoms with Gasteiger partial charge < -0.3 is 14.2 Å². The lowest BCUT2D eigenvalue weighted by Crippen LogP contribution is -2.25. The third-order valence-electron chi connectivity index (χ3n) is 5.89. The molecule has 0 unspecified atom stereocenters. The van der Waals surface area contributed by atoms with Gasteiger partial charge >= 0.3 is 0 Å². The molecule has 1 fully saturated rings. The zero-order valence-corrected chi connectivity index (χ0v) is 17.9. The standard InChI is InChI=1S/C26H24FN3O2/c1-18-7-6-8-20(15-18)32-14-13-29-24-12-5-3-10-22(24)28-26(29)19-16-25(31)30(17-19)23-11-4-2-9-21(23)27/h2-12,15,19H,13-14,16-17H2,1H3/t19-/m1/s1. The summed E-state index contributed by atoms with van der Waals surface area (Å²) < 4.78 is 22.4. The van der Waals surface area contributed by atoms with Crippen LogP contribution in [0.4, 0.5) is 10.1 Å². The van der Waals surface area contributed by atoms with Crippen molar-refractivity contribution in [3.05, 3.63) is 90.0 Å². The van der Waals surface area contributed by atoms with Gasteiger partial charge in [0.05, 0.1) is 23.3 Å². The van der Waals surface area contributed by atoms with Crippen molar-refractivity contribution in [2.75, 3.05) is 18.1 Å². The summed E-state index contributed by atoms with van der Waals surface area (Å²) in [6.07, 6.45) is 0.302. The van der Waals surface area contributed by atoms with Gasteiger partial charge in [-0.3, -0.25) is 4.79 Å². The fraction of sp³-hybridized carbons (Fsp3) is 0.231. The number of carbonyl (C=O) groups excluding carboxylic acids is 1. The highest BCUT2D eigenvalue weighted by Crippen LogP contribution is 2.34. The monoisotopic (exact) mass is 429 g/mol. The van der Waals surface area contributed by atoms with Crippen LogP contribution in [0.5, 0.6) is 5.75 Å². The molecule has 5 rings (SSSR count). The molecule has 1 aliphatic rings. The number of fused-ring (bicyclic) bond motifs is 1. The first-order valence-electron chi connectivity index (χ1n) is 10.8. The molecule has 0 radical (unpaired) electrons. The number of anilines is 1. The van der Waals surface area contributed by atoms with Crippen molar-refractivity contribution in [2.45, 2.75) is 25.8 Å². The molecule has 4 aromatic rings. The third-order valence-corrected chi connectivity index (χ3v) is 5.89. The maximum absolute atomic E-state index is 14.3. The molecule has 0 N–H and O–H groups in total. The quantitative estimate of drug-likeness (QED) is 0.429. The van der Waals surface area contributed by atoms with E-state index in [1.165, 1.54) is 11.0 Å². The number of aromatic nitrogens is 2. The number of amides is 1. The molecule has 0 spiro atoms. The van der Waals surface area contributed by atoms with Crippen LogP contribution in [0.15, 0.2) is 72.8 Å². The molecule has 5 nitrogen and oxygen atoms in total. The van der Waals surface area contributed by atoms with Gasteiger partial charge in [-0.15, -0.1) is 0 Å². The van der Waals surface area contributed by atoms with E-state index in [1.807, 2.05) is 55.5 Å². The molecular formula is C26H24FN3O2. The highest BCUT2D eigenvalue weighted by atomic mass is 19.1. The molecule has 1 amide bonds. The zero-order chi connectivity index (χ0) is 22.1. The molecule has 0 aliphatic carbocycles. The molecule has 0 bridgehead atoms. The minimum atomic E-state index is -0.387. The average molecular weight is 429 g/mol. The number of aryl methyl sites for hydroxylation is 1. The molecular weight excluding hydrogens is 405 g/mol. The molecule has 1 atom stereocenters. The second-order valence-corrected chi connectivity index (χ2v) is 8.13. The Morgan fingerprint density at radius 2 is 1.88 bits per heavy atom. The Balaban J connectivity index is 1.41. The first kappa shape index (κ1) is 20.2. The van der Waals surface area contributed by atoms with E-state index in [9.17, 15) is 9.18 Å². The SMILES string of the molecule is Cc1cccc(OCCn2c([C@@H]3CC(=O)N(c4ccccc4F)C3)nc3ccccc32)c1. The Hall–Kier alpha value is -3.67. The summed E-state index contributed by atoms with van der Waals surface area (Å²) in [7, 11) is 0. The van der Waals surface area contributed by atoms with E-state index in [2.05, 4.69) is 4.57 Å². The number of carbonyl (C=O) groups is 1. The number of para-hydroxylation sites is 3. The van der Waals surface area contributed by atoms with Gasteiger partial charge in [-0.1, -0.05) is 36.4 Å². The fourth-order valence-corrected chi connectivity index (χ4v) is 4.38. The average Bonchev–Trinajstić information content (AvgIpc) is 3.35. The number of hydrogen-bond acceptors (Lipinski definition) is 3. The van der Waals surface area contributed by atoms with Crippen molar-refractivity contribution in [3.63, 3.8) is 0 Å². The lowest BCUT2D eigenvalue weighted by molar-refractivity contribution is -0.117. The Labute approximate surface area is 186 Å². The molecule has 32 heavy (non-hydrogen) atoms. The summed E-state index contributed by atoms with van der Waals surface area (Å²) in [5.41, 5.74) is 3.36. The molecule has 162 valence electrons. The van der Waals surface area contributed by atoms with Crippen LogP contribution in [0.25, 0.3) is 11.0 Å². The maximum Gasteiger partial charge on any atom is 0.227 e. The lowest BCUT2D eigenvalue weighted by atomic mass is 10.1. The predicted molar refractivity (Wildman–Crippen MR) is 123 cm³/mol. The molecule has 6 heteroatoms. The van der Waals surface area contributed by atoms with E-state index in [4.69, 9.17) is 9.72 Å². The number of ether oxygens (including phenoxy) is 1. The van der Waals surface area contributed by atoms with Crippen molar-refractivity contribution in [1.82, 2.24) is 9.55 Å². The molecule has 1 saturated heterocycles. The Kier molecular flexibility index (Phi) is 5.35. The summed E-state index contributed by atoms with van der Waals surface area (Å²) in [6.45, 7) is 3.53. The van der Waals surface area contributed by atoms with Crippen LogP contribution >= 0.6 is 0 Å². The van der Waals surface area contributed by atoms with Crippen molar-refractivity contribution >= 4 is 22.6 Å². The first-order valence-corrected chi connectivity index (χ1v) is 10.8. The summed E-state index contributed by atoms with van der Waals surface area (Å²) in [6, 6.07) is 22.3. The van der Waals surface area contributed by atoms with Crippen LogP contribution in [-0.2, 0) is 11.3 Å². The van der Waals surface area contributed by atoms with Crippen molar-refractivity contribution in [1.29, 1.82) is 0 Å². The first-order chi connectivity index (χ1) is 15.6. The molecule has 1 aliphatic heterocycles. The van der Waals surface area contributed by atoms with Crippen molar-refractivity contribution in [2.24, 2.45) is 0 Å². The maximum atomic E-state index is 14.3. The van der Waals surface area contributed by atoms with Gasteiger partial charge in [0.15, 0.2) is 0 Å². The van der Waals surface area contributed by atoms with Gasteiger partial charge in [-0.25, -0.2) is 9.37 Å². The Morgan fingerprint density at radius 3 is 2.72 bits per heavy atom. The normalized spacial score (nSPS) is 16.1. The third kappa shape index (κ3) is 3.84. The predicted octanol–water partition coefficient (Wildman–Crippen LogP) is 5.08. The topological polar surface area (TPSA) is 47.4 Å². The van der Waals surface area contributed by atoms with Gasteiger partial charge in [0.1, 0.15) is 24.0 Å². The Bertz CT molecular complexity index is 1280. The van der Waals surface area contributed by atoms with Crippen LogP contribution in [0.1, 0.15) is 23.7 Å². The van der Waals surface area contributed by atoms with Crippen LogP contribution in [0, 0.1) is 12.7 Å². The Morgan fingerprint density at radius 1 is 1.06 bits per heavy atom. The number of nitrogens with zero attached hydrogens (tertiary/aromatic N) is 3. The van der Waals surface area contributed by atoms with E-state index >= 15 is 0 Å². The summed E-state index contributed by atoms with van der Waals surface area (Å²) in [5.74, 6) is 1.08. The molecule has 0 saturated carbocycles. The summed E-state index contributed by atoms with van der Waals surface area (Å²) >= 11 is 0. The van der Waals surface area contributed by atoms with E-state index in [0.29, 0.717) is 31.8 Å². The van der Waals surface area contributed by atoms with Crippen LogP contribution < -0.4 is 9.64 Å². The van der Waals surface area contributed by atoms with E-state index in [1.54, 1.807) is 18.2 Å². The van der Waals surface area contributed by atoms with Crippen LogP contribution in [0.2, 0.25) is 0 Å². The highest BCUT2D eigenvalue weighted by Gasteiger charge is 2.35. The summed E-state index contributed by atoms with van der Waals surface area (Å²) in [5, 5.41) is 0. The number of halogens is 1. The van der Waals surface area contributed by atoms with Crippen molar-refractivity contribution < 1.29 is 13.9 Å². The number of imidazole rings is 1. The van der Waals surface area contributed by atoms with Crippen LogP contribution in [0.3, 0.4) is 0 Å². The number of hydrogen-bond donors (Lipinski definition) is 0. The van der Waals surface area contributed by atoms with E-state index in [-0.39, 0.29) is 17.6 Å². The molecule has 3 aromatic carbocycles. The minimum Gasteiger partial charge on any atom is -0.492 e. The summed E-state index contributed by atoms with van der Waals surface area (Å²) in [4.78, 5) is 19.2. The largest absolute Gasteiger partial charge is 0.492 e. The van der Waals surface area contributed by atoms with Gasteiger partial charge in [0.25, 0.3) is 0 Å². The second-order valence-electron chi connectivity index (χ2n) is 8.13. The zero-order valence-electron chi connectivity index (χ0n) is 17.9. The van der Waals surface area contributed by atoms with Gasteiger partial charge in [-0.2, -0.15) is 0 Å². The molecule has 2 heterocycles. The number of rotatable bonds is 6. The smallest absolute Gasteiger partial charge is 0.227 e. The van der Waals surface area contributed by atoms with Crippen LogP contribution in [-0.4, -0.2) is 28.6 Å². The number of benzene rings is 3. The molecule has 1 aromatic heterocycles. The fourth-order valence-electron chi connectivity index (χ4n) is 4.38. The van der Waals surface area contributed by atoms with Gasteiger partial charge in [0, 0.05) is 18.9 Å². The van der Waals surface area contributed by atoms with E-state index in [0.717, 1.165) is 28.2 Å². The van der Waals surface area contributed by atoms with Gasteiger partial charge in [-0.05, 0) is 48.9 Å².